The number of rotatable bonds is 8. The topological polar surface area (TPSA) is 44.4 Å². The second-order valence-corrected chi connectivity index (χ2v) is 6.80. The molecule has 2 heterocycles. The first-order chi connectivity index (χ1) is 10.1. The van der Waals surface area contributed by atoms with Crippen molar-refractivity contribution in [1.82, 2.24) is 15.8 Å². The second kappa shape index (κ2) is 8.54. The fourth-order valence-electron chi connectivity index (χ4n) is 3.29. The van der Waals surface area contributed by atoms with Crippen LogP contribution in [0.2, 0.25) is 0 Å². The predicted octanol–water partition coefficient (Wildman–Crippen LogP) is 2.62. The number of carbonyl (C=O) groups excluding carboxylic acids is 1. The molecule has 2 N–H and O–H groups in total. The zero-order chi connectivity index (χ0) is 15.1. The van der Waals surface area contributed by atoms with Crippen LogP contribution in [0, 0.1) is 5.92 Å². The largest absolute Gasteiger partial charge is 0.328 e. The molecule has 21 heavy (non-hydrogen) atoms. The van der Waals surface area contributed by atoms with Crippen LogP contribution in [0.3, 0.4) is 0 Å². The van der Waals surface area contributed by atoms with E-state index in [1.807, 2.05) is 6.20 Å². The Bertz CT molecular complexity index is 357. The first-order valence-corrected chi connectivity index (χ1v) is 8.57. The minimum Gasteiger partial charge on any atom is -0.328 e. The van der Waals surface area contributed by atoms with Gasteiger partial charge in [0.05, 0.1) is 0 Å². The Morgan fingerprint density at radius 3 is 2.71 bits per heavy atom. The smallest absolute Gasteiger partial charge is 0.132 e. The minimum absolute atomic E-state index is 0.459. The maximum absolute atomic E-state index is 12.0. The van der Waals surface area contributed by atoms with E-state index in [0.717, 1.165) is 44.6 Å². The molecular weight excluding hydrogens is 262 g/mol. The minimum atomic E-state index is 0.459. The van der Waals surface area contributed by atoms with Gasteiger partial charge in [0.2, 0.25) is 0 Å². The maximum Gasteiger partial charge on any atom is 0.132 e. The molecule has 0 aromatic rings. The van der Waals surface area contributed by atoms with Crippen LogP contribution < -0.4 is 10.9 Å². The van der Waals surface area contributed by atoms with Gasteiger partial charge >= 0.3 is 0 Å². The first kappa shape index (κ1) is 16.5. The first-order valence-electron chi connectivity index (χ1n) is 8.57. The molecule has 1 saturated heterocycles. The number of hydrogen-bond acceptors (Lipinski definition) is 4. The number of piperidine rings is 1. The van der Waals surface area contributed by atoms with Crippen LogP contribution in [0.4, 0.5) is 0 Å². The molecule has 0 aromatic carbocycles. The highest BCUT2D eigenvalue weighted by Gasteiger charge is 2.21. The Kier molecular flexibility index (Phi) is 6.71. The molecule has 2 aliphatic heterocycles. The van der Waals surface area contributed by atoms with E-state index >= 15 is 0 Å². The molecule has 4 nitrogen and oxygen atoms in total. The van der Waals surface area contributed by atoms with Gasteiger partial charge in [0.1, 0.15) is 5.78 Å². The molecule has 4 heteroatoms. The van der Waals surface area contributed by atoms with E-state index in [2.05, 4.69) is 29.6 Å². The third-order valence-corrected chi connectivity index (χ3v) is 4.86. The summed E-state index contributed by atoms with van der Waals surface area (Å²) in [5.41, 5.74) is 7.43. The molecule has 0 aromatic heterocycles. The van der Waals surface area contributed by atoms with Crippen LogP contribution in [-0.2, 0) is 4.79 Å². The third kappa shape index (κ3) is 5.79. The SMILES string of the molecule is CC(C)N1CCC(CCC(=O)CCCC2=CNNC2)CC1. The van der Waals surface area contributed by atoms with E-state index in [-0.39, 0.29) is 0 Å². The molecule has 0 bridgehead atoms. The zero-order valence-electron chi connectivity index (χ0n) is 13.7. The van der Waals surface area contributed by atoms with Gasteiger partial charge in [0.25, 0.3) is 0 Å². The molecule has 0 aliphatic carbocycles. The van der Waals surface area contributed by atoms with Gasteiger partial charge in [0.15, 0.2) is 0 Å². The van der Waals surface area contributed by atoms with Gasteiger partial charge < -0.3 is 10.3 Å². The monoisotopic (exact) mass is 293 g/mol. The summed E-state index contributed by atoms with van der Waals surface area (Å²) in [5.74, 6) is 1.23. The van der Waals surface area contributed by atoms with Crippen LogP contribution in [-0.4, -0.2) is 36.4 Å². The standard InChI is InChI=1S/C17H31N3O/c1-14(2)20-10-8-15(9-11-20)6-7-17(21)5-3-4-16-12-18-19-13-16/h12,14-15,18-19H,3-11,13H2,1-2H3. The molecule has 0 atom stereocenters. The molecule has 1 fully saturated rings. The zero-order valence-corrected chi connectivity index (χ0v) is 13.7. The van der Waals surface area contributed by atoms with Crippen LogP contribution in [0.15, 0.2) is 11.8 Å². The summed E-state index contributed by atoms with van der Waals surface area (Å²) >= 11 is 0. The predicted molar refractivity (Wildman–Crippen MR) is 86.7 cm³/mol. The van der Waals surface area contributed by atoms with E-state index in [1.54, 1.807) is 0 Å². The summed E-state index contributed by atoms with van der Waals surface area (Å²) < 4.78 is 0. The van der Waals surface area contributed by atoms with Gasteiger partial charge in [0, 0.05) is 31.6 Å². The van der Waals surface area contributed by atoms with Crippen molar-refractivity contribution in [3.8, 4) is 0 Å². The molecule has 0 unspecified atom stereocenters. The summed E-state index contributed by atoms with van der Waals surface area (Å²) in [6.07, 6.45) is 9.26. The van der Waals surface area contributed by atoms with Crippen LogP contribution in [0.1, 0.15) is 58.8 Å². The summed E-state index contributed by atoms with van der Waals surface area (Å²) in [6.45, 7) is 7.89. The summed E-state index contributed by atoms with van der Waals surface area (Å²) in [7, 11) is 0. The van der Waals surface area contributed by atoms with Crippen molar-refractivity contribution in [3.63, 3.8) is 0 Å². The average molecular weight is 293 g/mol. The highest BCUT2D eigenvalue weighted by Crippen LogP contribution is 2.23. The molecular formula is C17H31N3O. The van der Waals surface area contributed by atoms with Crippen molar-refractivity contribution in [1.29, 1.82) is 0 Å². The van der Waals surface area contributed by atoms with Crippen molar-refractivity contribution in [2.45, 2.75) is 64.8 Å². The van der Waals surface area contributed by atoms with E-state index in [4.69, 9.17) is 0 Å². The van der Waals surface area contributed by atoms with E-state index in [0.29, 0.717) is 11.8 Å². The highest BCUT2D eigenvalue weighted by molar-refractivity contribution is 5.78. The number of likely N-dealkylation sites (tertiary alicyclic amines) is 1. The number of hydrazine groups is 1. The fraction of sp³-hybridized carbons (Fsp3) is 0.824. The van der Waals surface area contributed by atoms with Gasteiger partial charge in [-0.3, -0.25) is 4.79 Å². The number of ketones is 1. The van der Waals surface area contributed by atoms with Crippen molar-refractivity contribution < 1.29 is 4.79 Å². The maximum atomic E-state index is 12.0. The molecule has 0 spiro atoms. The molecule has 0 radical (unpaired) electrons. The average Bonchev–Trinajstić information content (AvgIpc) is 2.99. The lowest BCUT2D eigenvalue weighted by atomic mass is 9.90. The Balaban J connectivity index is 1.53. The molecule has 0 saturated carbocycles. The summed E-state index contributed by atoms with van der Waals surface area (Å²) in [4.78, 5) is 14.5. The fourth-order valence-corrected chi connectivity index (χ4v) is 3.29. The highest BCUT2D eigenvalue weighted by atomic mass is 16.1. The normalized spacial score (nSPS) is 20.6. The quantitative estimate of drug-likeness (QED) is 0.722. The number of nitrogens with one attached hydrogen (secondary N) is 2. The van der Waals surface area contributed by atoms with Gasteiger partial charge in [-0.15, -0.1) is 0 Å². The van der Waals surface area contributed by atoms with Crippen molar-refractivity contribution in [2.75, 3.05) is 19.6 Å². The van der Waals surface area contributed by atoms with Crippen molar-refractivity contribution >= 4 is 5.78 Å². The van der Waals surface area contributed by atoms with Gasteiger partial charge in [-0.2, -0.15) is 0 Å². The van der Waals surface area contributed by atoms with Crippen molar-refractivity contribution in [2.24, 2.45) is 5.92 Å². The van der Waals surface area contributed by atoms with E-state index in [9.17, 15) is 4.79 Å². The third-order valence-electron chi connectivity index (χ3n) is 4.86. The lowest BCUT2D eigenvalue weighted by Crippen LogP contribution is -2.38. The van der Waals surface area contributed by atoms with Crippen molar-refractivity contribution in [3.05, 3.63) is 11.8 Å². The lowest BCUT2D eigenvalue weighted by Gasteiger charge is -2.34. The van der Waals surface area contributed by atoms with Crippen LogP contribution >= 0.6 is 0 Å². The van der Waals surface area contributed by atoms with Crippen LogP contribution in [0.25, 0.3) is 0 Å². The van der Waals surface area contributed by atoms with Gasteiger partial charge in [-0.1, -0.05) is 0 Å². The van der Waals surface area contributed by atoms with E-state index in [1.165, 1.54) is 31.5 Å². The Labute approximate surface area is 129 Å². The molecule has 2 aliphatic rings. The van der Waals surface area contributed by atoms with Gasteiger partial charge in [-0.25, -0.2) is 5.43 Å². The summed E-state index contributed by atoms with van der Waals surface area (Å²) in [6, 6.07) is 0.668. The molecule has 120 valence electrons. The number of nitrogens with zero attached hydrogens (tertiary/aromatic N) is 1. The molecule has 0 amide bonds. The van der Waals surface area contributed by atoms with E-state index < -0.39 is 0 Å². The number of carbonyl (C=O) groups is 1. The molecule has 2 rings (SSSR count). The number of hydrogen-bond donors (Lipinski definition) is 2. The Hall–Kier alpha value is -0.870. The van der Waals surface area contributed by atoms with Gasteiger partial charge in [-0.05, 0) is 70.5 Å². The van der Waals surface area contributed by atoms with Crippen LogP contribution in [0.5, 0.6) is 0 Å². The summed E-state index contributed by atoms with van der Waals surface area (Å²) in [5, 5.41) is 0. The Morgan fingerprint density at radius 1 is 1.33 bits per heavy atom. The lowest BCUT2D eigenvalue weighted by molar-refractivity contribution is -0.119. The number of Topliss-reactive ketones (excluding diaryl/α,β-unsaturated/α-hetero) is 1. The second-order valence-electron chi connectivity index (χ2n) is 6.80. The Morgan fingerprint density at radius 2 is 2.10 bits per heavy atom.